The van der Waals surface area contributed by atoms with E-state index in [1.807, 2.05) is 4.90 Å². The van der Waals surface area contributed by atoms with Gasteiger partial charge < -0.3 is 4.90 Å². The lowest BCUT2D eigenvalue weighted by Gasteiger charge is -2.19. The van der Waals surface area contributed by atoms with E-state index in [0.717, 1.165) is 18.5 Å². The first-order valence-electron chi connectivity index (χ1n) is 6.41. The summed E-state index contributed by atoms with van der Waals surface area (Å²) in [7, 11) is 0. The normalized spacial score (nSPS) is 14.9. The van der Waals surface area contributed by atoms with Gasteiger partial charge in [0.1, 0.15) is 0 Å². The summed E-state index contributed by atoms with van der Waals surface area (Å²) in [4.78, 5) is 14.1. The van der Waals surface area contributed by atoms with E-state index in [4.69, 9.17) is 0 Å². The van der Waals surface area contributed by atoms with E-state index in [1.165, 1.54) is 11.1 Å². The first-order chi connectivity index (χ1) is 7.99. The Kier molecular flexibility index (Phi) is 3.23. The van der Waals surface area contributed by atoms with Crippen LogP contribution in [0.4, 0.5) is 0 Å². The van der Waals surface area contributed by atoms with Crippen LogP contribution in [-0.4, -0.2) is 16.8 Å². The number of amides is 1. The molecule has 0 spiro atoms. The molecule has 0 saturated heterocycles. The Balaban J connectivity index is 2.28. The number of fused-ring (bicyclic) bond motifs is 1. The van der Waals surface area contributed by atoms with E-state index in [0.29, 0.717) is 5.92 Å². The molecule has 92 valence electrons. The summed E-state index contributed by atoms with van der Waals surface area (Å²) in [5.41, 5.74) is 3.37. The third kappa shape index (κ3) is 2.36. The van der Waals surface area contributed by atoms with Gasteiger partial charge in [-0.05, 0) is 43.4 Å². The Hall–Kier alpha value is -1.31. The molecule has 0 atom stereocenters. The van der Waals surface area contributed by atoms with Crippen molar-refractivity contribution in [2.75, 3.05) is 0 Å². The van der Waals surface area contributed by atoms with Gasteiger partial charge in [0.15, 0.2) is 0 Å². The summed E-state index contributed by atoms with van der Waals surface area (Å²) in [6.07, 6.45) is 1.04. The summed E-state index contributed by atoms with van der Waals surface area (Å²) < 4.78 is 0. The van der Waals surface area contributed by atoms with Crippen LogP contribution in [0.15, 0.2) is 18.2 Å². The lowest BCUT2D eigenvalue weighted by molar-refractivity contribution is 0.0730. The monoisotopic (exact) mass is 231 g/mol. The van der Waals surface area contributed by atoms with Crippen LogP contribution in [0.3, 0.4) is 0 Å². The van der Waals surface area contributed by atoms with Crippen molar-refractivity contribution in [3.63, 3.8) is 0 Å². The largest absolute Gasteiger partial charge is 0.332 e. The molecule has 0 bridgehead atoms. The maximum Gasteiger partial charge on any atom is 0.254 e. The average molecular weight is 231 g/mol. The highest BCUT2D eigenvalue weighted by Crippen LogP contribution is 2.26. The predicted octanol–water partition coefficient (Wildman–Crippen LogP) is 3.25. The van der Waals surface area contributed by atoms with Crippen molar-refractivity contribution in [2.45, 2.75) is 46.7 Å². The molecular formula is C15H21NO. The van der Waals surface area contributed by atoms with Crippen LogP contribution < -0.4 is 0 Å². The highest BCUT2D eigenvalue weighted by atomic mass is 16.2. The molecule has 0 unspecified atom stereocenters. The molecule has 0 fully saturated rings. The highest BCUT2D eigenvalue weighted by molar-refractivity contribution is 5.98. The van der Waals surface area contributed by atoms with Crippen LogP contribution in [0.5, 0.6) is 0 Å². The van der Waals surface area contributed by atoms with Crippen molar-refractivity contribution >= 4 is 5.91 Å². The molecule has 2 rings (SSSR count). The zero-order chi connectivity index (χ0) is 12.6. The summed E-state index contributed by atoms with van der Waals surface area (Å²) in [6, 6.07) is 6.65. The van der Waals surface area contributed by atoms with Crippen molar-refractivity contribution in [2.24, 2.45) is 5.92 Å². The minimum atomic E-state index is 0.195. The van der Waals surface area contributed by atoms with Crippen LogP contribution in [0.2, 0.25) is 0 Å². The molecule has 1 aromatic carbocycles. The molecule has 2 nitrogen and oxygen atoms in total. The van der Waals surface area contributed by atoms with Crippen LogP contribution in [0.25, 0.3) is 0 Å². The van der Waals surface area contributed by atoms with E-state index in [9.17, 15) is 4.79 Å². The van der Waals surface area contributed by atoms with Gasteiger partial charge in [0.25, 0.3) is 5.91 Å². The third-order valence-electron chi connectivity index (χ3n) is 3.27. The van der Waals surface area contributed by atoms with Gasteiger partial charge in [-0.1, -0.05) is 26.0 Å². The van der Waals surface area contributed by atoms with Gasteiger partial charge in [0.05, 0.1) is 0 Å². The molecule has 0 radical (unpaired) electrons. The maximum absolute atomic E-state index is 12.2. The van der Waals surface area contributed by atoms with E-state index in [-0.39, 0.29) is 11.9 Å². The van der Waals surface area contributed by atoms with E-state index in [1.54, 1.807) is 0 Å². The number of hydrogen-bond acceptors (Lipinski definition) is 1. The molecule has 0 aliphatic carbocycles. The van der Waals surface area contributed by atoms with Gasteiger partial charge in [-0.2, -0.15) is 0 Å². The van der Waals surface area contributed by atoms with Gasteiger partial charge in [0.2, 0.25) is 0 Å². The second-order valence-corrected chi connectivity index (χ2v) is 5.62. The lowest BCUT2D eigenvalue weighted by Crippen LogP contribution is -2.30. The number of carbonyl (C=O) groups excluding carboxylic acids is 1. The fourth-order valence-electron chi connectivity index (χ4n) is 2.39. The Bertz CT molecular complexity index is 435. The number of rotatable bonds is 3. The molecule has 1 amide bonds. The van der Waals surface area contributed by atoms with Crippen LogP contribution >= 0.6 is 0 Å². The first-order valence-corrected chi connectivity index (χ1v) is 6.41. The predicted molar refractivity (Wildman–Crippen MR) is 70.0 cm³/mol. The third-order valence-corrected chi connectivity index (χ3v) is 3.27. The Labute approximate surface area is 104 Å². The first kappa shape index (κ1) is 12.2. The van der Waals surface area contributed by atoms with Crippen molar-refractivity contribution < 1.29 is 4.79 Å². The SMILES string of the molecule is CC(C)Cc1ccc2c(c1)C(=O)N(C(C)C)C2. The van der Waals surface area contributed by atoms with Gasteiger partial charge >= 0.3 is 0 Å². The van der Waals surface area contributed by atoms with Crippen molar-refractivity contribution in [3.8, 4) is 0 Å². The zero-order valence-electron chi connectivity index (χ0n) is 11.2. The fourth-order valence-corrected chi connectivity index (χ4v) is 2.39. The number of hydrogen-bond donors (Lipinski definition) is 0. The van der Waals surface area contributed by atoms with Crippen molar-refractivity contribution in [1.82, 2.24) is 4.90 Å². The molecule has 0 N–H and O–H groups in total. The highest BCUT2D eigenvalue weighted by Gasteiger charge is 2.28. The van der Waals surface area contributed by atoms with Crippen molar-refractivity contribution in [3.05, 3.63) is 34.9 Å². The molecule has 17 heavy (non-hydrogen) atoms. The second kappa shape index (κ2) is 4.52. The quantitative estimate of drug-likeness (QED) is 0.782. The average Bonchev–Trinajstić information content (AvgIpc) is 2.56. The smallest absolute Gasteiger partial charge is 0.254 e. The Morgan fingerprint density at radius 1 is 1.24 bits per heavy atom. The van der Waals surface area contributed by atoms with Crippen molar-refractivity contribution in [1.29, 1.82) is 0 Å². The molecule has 1 aliphatic heterocycles. The van der Waals surface area contributed by atoms with Crippen LogP contribution in [0.1, 0.15) is 49.2 Å². The molecule has 0 saturated carbocycles. The molecule has 1 aliphatic rings. The van der Waals surface area contributed by atoms with Gasteiger partial charge in [-0.15, -0.1) is 0 Å². The van der Waals surface area contributed by atoms with Gasteiger partial charge in [-0.25, -0.2) is 0 Å². The lowest BCUT2D eigenvalue weighted by atomic mass is 9.99. The number of benzene rings is 1. The van der Waals surface area contributed by atoms with E-state index < -0.39 is 0 Å². The van der Waals surface area contributed by atoms with Gasteiger partial charge in [0, 0.05) is 18.2 Å². The molecule has 1 aromatic rings. The number of nitrogens with zero attached hydrogens (tertiary/aromatic N) is 1. The molecule has 0 aromatic heterocycles. The Morgan fingerprint density at radius 2 is 1.94 bits per heavy atom. The molecule has 1 heterocycles. The fraction of sp³-hybridized carbons (Fsp3) is 0.533. The topological polar surface area (TPSA) is 20.3 Å². The van der Waals surface area contributed by atoms with Crippen LogP contribution in [0, 0.1) is 5.92 Å². The molecular weight excluding hydrogens is 210 g/mol. The maximum atomic E-state index is 12.2. The van der Waals surface area contributed by atoms with E-state index >= 15 is 0 Å². The summed E-state index contributed by atoms with van der Waals surface area (Å²) in [5.74, 6) is 0.825. The summed E-state index contributed by atoms with van der Waals surface area (Å²) >= 11 is 0. The minimum absolute atomic E-state index is 0.195. The van der Waals surface area contributed by atoms with E-state index in [2.05, 4.69) is 45.9 Å². The van der Waals surface area contributed by atoms with Gasteiger partial charge in [-0.3, -0.25) is 4.79 Å². The minimum Gasteiger partial charge on any atom is -0.332 e. The summed E-state index contributed by atoms with van der Waals surface area (Å²) in [5, 5.41) is 0. The number of carbonyl (C=O) groups is 1. The zero-order valence-corrected chi connectivity index (χ0v) is 11.2. The Morgan fingerprint density at radius 3 is 2.53 bits per heavy atom. The summed E-state index contributed by atoms with van der Waals surface area (Å²) in [6.45, 7) is 9.32. The molecule has 2 heteroatoms. The van der Waals surface area contributed by atoms with Crippen LogP contribution in [-0.2, 0) is 13.0 Å². The standard InChI is InChI=1S/C15H21NO/c1-10(2)7-12-5-6-13-9-16(11(3)4)15(17)14(13)8-12/h5-6,8,10-11H,7,9H2,1-4H3. The second-order valence-electron chi connectivity index (χ2n) is 5.62.